The molecule has 7 heteroatoms. The van der Waals surface area contributed by atoms with E-state index >= 15 is 0 Å². The highest BCUT2D eigenvalue weighted by atomic mass is 32.2. The van der Waals surface area contributed by atoms with Crippen LogP contribution in [0.5, 0.6) is 0 Å². The van der Waals surface area contributed by atoms with Crippen LogP contribution in [-0.2, 0) is 10.0 Å². The number of benzene rings is 2. The molecule has 0 aliphatic rings. The first-order chi connectivity index (χ1) is 7.89. The first-order valence-corrected chi connectivity index (χ1v) is 6.14. The minimum atomic E-state index is -3.86. The van der Waals surface area contributed by atoms with Gasteiger partial charge in [0, 0.05) is 6.07 Å². The van der Waals surface area contributed by atoms with Gasteiger partial charge in [0.15, 0.2) is 0 Å². The van der Waals surface area contributed by atoms with Crippen molar-refractivity contribution in [1.82, 2.24) is 0 Å². The van der Waals surface area contributed by atoms with Gasteiger partial charge in [-0.05, 0) is 17.5 Å². The quantitative estimate of drug-likeness (QED) is 0.644. The number of fused-ring (bicyclic) bond motifs is 1. The van der Waals surface area contributed by atoms with E-state index in [2.05, 4.69) is 0 Å². The van der Waals surface area contributed by atoms with Crippen LogP contribution in [0.3, 0.4) is 0 Å². The van der Waals surface area contributed by atoms with Crippen LogP contribution in [0.15, 0.2) is 41.3 Å². The molecule has 2 rings (SSSR count). The van der Waals surface area contributed by atoms with Crippen LogP contribution >= 0.6 is 0 Å². The number of primary sulfonamides is 1. The summed E-state index contributed by atoms with van der Waals surface area (Å²) >= 11 is 0. The molecule has 17 heavy (non-hydrogen) atoms. The van der Waals surface area contributed by atoms with Crippen molar-refractivity contribution in [2.75, 3.05) is 0 Å². The SMILES string of the molecule is NS(=O)(=O)c1ccc2cccc([N+](=O)[O-])c2c1. The Morgan fingerprint density at radius 2 is 1.88 bits per heavy atom. The van der Waals surface area contributed by atoms with Crippen molar-refractivity contribution in [1.29, 1.82) is 0 Å². The van der Waals surface area contributed by atoms with Crippen molar-refractivity contribution in [3.8, 4) is 0 Å². The van der Waals surface area contributed by atoms with Gasteiger partial charge in [0.2, 0.25) is 10.0 Å². The number of nitro benzene ring substituents is 1. The number of nitrogens with zero attached hydrogens (tertiary/aromatic N) is 1. The molecule has 0 radical (unpaired) electrons. The predicted octanol–water partition coefficient (Wildman–Crippen LogP) is 1.40. The molecule has 0 fully saturated rings. The fourth-order valence-electron chi connectivity index (χ4n) is 1.57. The molecule has 0 amide bonds. The zero-order chi connectivity index (χ0) is 12.6. The molecule has 2 N–H and O–H groups in total. The van der Waals surface area contributed by atoms with Gasteiger partial charge in [0.1, 0.15) is 0 Å². The largest absolute Gasteiger partial charge is 0.277 e. The lowest BCUT2D eigenvalue weighted by Crippen LogP contribution is -2.11. The lowest BCUT2D eigenvalue weighted by molar-refractivity contribution is -0.383. The van der Waals surface area contributed by atoms with E-state index in [1.807, 2.05) is 0 Å². The summed E-state index contributed by atoms with van der Waals surface area (Å²) in [5.74, 6) is 0. The van der Waals surface area contributed by atoms with Gasteiger partial charge in [-0.15, -0.1) is 0 Å². The van der Waals surface area contributed by atoms with Gasteiger partial charge >= 0.3 is 0 Å². The number of nitrogens with two attached hydrogens (primary N) is 1. The molecule has 0 bridgehead atoms. The molecule has 0 spiro atoms. The average Bonchev–Trinajstić information content (AvgIpc) is 2.26. The molecule has 0 saturated carbocycles. The topological polar surface area (TPSA) is 103 Å². The van der Waals surface area contributed by atoms with Crippen molar-refractivity contribution in [2.24, 2.45) is 5.14 Å². The fraction of sp³-hybridized carbons (Fsp3) is 0. The smallest absolute Gasteiger partial charge is 0.258 e. The third-order valence-electron chi connectivity index (χ3n) is 2.36. The second-order valence-corrected chi connectivity index (χ2v) is 5.02. The highest BCUT2D eigenvalue weighted by Crippen LogP contribution is 2.27. The summed E-state index contributed by atoms with van der Waals surface area (Å²) in [7, 11) is -3.86. The van der Waals surface area contributed by atoms with Crippen molar-refractivity contribution in [3.05, 3.63) is 46.5 Å². The second kappa shape index (κ2) is 3.79. The van der Waals surface area contributed by atoms with Gasteiger partial charge in [-0.25, -0.2) is 13.6 Å². The number of hydrogen-bond donors (Lipinski definition) is 1. The second-order valence-electron chi connectivity index (χ2n) is 3.46. The van der Waals surface area contributed by atoms with Crippen molar-refractivity contribution in [3.63, 3.8) is 0 Å². The van der Waals surface area contributed by atoms with Crippen LogP contribution in [0, 0.1) is 10.1 Å². The molecule has 0 heterocycles. The number of sulfonamides is 1. The van der Waals surface area contributed by atoms with Crippen LogP contribution < -0.4 is 5.14 Å². The summed E-state index contributed by atoms with van der Waals surface area (Å²) in [4.78, 5) is 10.1. The Kier molecular flexibility index (Phi) is 2.56. The first-order valence-electron chi connectivity index (χ1n) is 4.59. The maximum absolute atomic E-state index is 11.2. The Balaban J connectivity index is 2.84. The summed E-state index contributed by atoms with van der Waals surface area (Å²) < 4.78 is 22.3. The molecular weight excluding hydrogens is 244 g/mol. The Labute approximate surface area is 96.9 Å². The Morgan fingerprint density at radius 3 is 2.47 bits per heavy atom. The summed E-state index contributed by atoms with van der Waals surface area (Å²) in [6.07, 6.45) is 0. The third kappa shape index (κ3) is 2.10. The predicted molar refractivity (Wildman–Crippen MR) is 62.0 cm³/mol. The standard InChI is InChI=1S/C10H8N2O4S/c11-17(15,16)8-5-4-7-2-1-3-10(12(13)14)9(7)6-8/h1-6H,(H2,11,15,16). The Morgan fingerprint density at radius 1 is 1.18 bits per heavy atom. The van der Waals surface area contributed by atoms with Gasteiger partial charge < -0.3 is 0 Å². The van der Waals surface area contributed by atoms with Gasteiger partial charge in [-0.2, -0.15) is 0 Å². The van der Waals surface area contributed by atoms with Gasteiger partial charge in [0.05, 0.1) is 15.2 Å². The minimum absolute atomic E-state index is 0.140. The highest BCUT2D eigenvalue weighted by molar-refractivity contribution is 7.89. The van der Waals surface area contributed by atoms with E-state index in [0.717, 1.165) is 0 Å². The van der Waals surface area contributed by atoms with Crippen molar-refractivity contribution < 1.29 is 13.3 Å². The zero-order valence-corrected chi connectivity index (χ0v) is 9.35. The van der Waals surface area contributed by atoms with Crippen LogP contribution in [0.1, 0.15) is 0 Å². The number of non-ortho nitro benzene ring substituents is 1. The maximum Gasteiger partial charge on any atom is 0.277 e. The lowest BCUT2D eigenvalue weighted by atomic mass is 10.1. The molecule has 88 valence electrons. The highest BCUT2D eigenvalue weighted by Gasteiger charge is 2.14. The Hall–Kier alpha value is -1.99. The van der Waals surface area contributed by atoms with Gasteiger partial charge in [-0.1, -0.05) is 18.2 Å². The molecular formula is C10H8N2O4S. The average molecular weight is 252 g/mol. The number of nitro groups is 1. The molecule has 0 atom stereocenters. The molecule has 2 aromatic carbocycles. The normalized spacial score (nSPS) is 11.6. The van der Waals surface area contributed by atoms with Crippen LogP contribution in [0.4, 0.5) is 5.69 Å². The summed E-state index contributed by atoms with van der Waals surface area (Å²) in [6.45, 7) is 0. The Bertz CT molecular complexity index is 709. The summed E-state index contributed by atoms with van der Waals surface area (Å²) in [6, 6.07) is 8.54. The molecule has 0 aromatic heterocycles. The molecule has 2 aromatic rings. The van der Waals surface area contributed by atoms with Crippen molar-refractivity contribution >= 4 is 26.5 Å². The molecule has 0 aliphatic heterocycles. The van der Waals surface area contributed by atoms with Crippen LogP contribution in [-0.4, -0.2) is 13.3 Å². The van der Waals surface area contributed by atoms with E-state index < -0.39 is 14.9 Å². The van der Waals surface area contributed by atoms with E-state index in [-0.39, 0.29) is 16.0 Å². The van der Waals surface area contributed by atoms with Crippen molar-refractivity contribution in [2.45, 2.75) is 4.90 Å². The third-order valence-corrected chi connectivity index (χ3v) is 3.27. The van der Waals surface area contributed by atoms with E-state index in [4.69, 9.17) is 5.14 Å². The van der Waals surface area contributed by atoms with Gasteiger partial charge in [0.25, 0.3) is 5.69 Å². The summed E-state index contributed by atoms with van der Waals surface area (Å²) in [5, 5.41) is 16.6. The maximum atomic E-state index is 11.2. The molecule has 0 unspecified atom stereocenters. The fourth-order valence-corrected chi connectivity index (χ4v) is 2.11. The number of rotatable bonds is 2. The first kappa shape index (κ1) is 11.5. The van der Waals surface area contributed by atoms with E-state index in [1.165, 1.54) is 30.3 Å². The number of hydrogen-bond acceptors (Lipinski definition) is 4. The molecule has 6 nitrogen and oxygen atoms in total. The van der Waals surface area contributed by atoms with E-state index in [0.29, 0.717) is 5.39 Å². The van der Waals surface area contributed by atoms with Gasteiger partial charge in [-0.3, -0.25) is 10.1 Å². The van der Waals surface area contributed by atoms with E-state index in [1.54, 1.807) is 6.07 Å². The zero-order valence-electron chi connectivity index (χ0n) is 8.53. The summed E-state index contributed by atoms with van der Waals surface area (Å²) in [5.41, 5.74) is -0.145. The minimum Gasteiger partial charge on any atom is -0.258 e. The van der Waals surface area contributed by atoms with Crippen LogP contribution in [0.25, 0.3) is 10.8 Å². The molecule has 0 saturated heterocycles. The van der Waals surface area contributed by atoms with E-state index in [9.17, 15) is 18.5 Å². The monoisotopic (exact) mass is 252 g/mol. The van der Waals surface area contributed by atoms with Crippen LogP contribution in [0.2, 0.25) is 0 Å². The lowest BCUT2D eigenvalue weighted by Gasteiger charge is -2.02. The molecule has 0 aliphatic carbocycles.